The fourth-order valence-corrected chi connectivity index (χ4v) is 7.28. The maximum absolute atomic E-state index is 13.6. The van der Waals surface area contributed by atoms with Crippen LogP contribution < -0.4 is 48.3 Å². The molecule has 9 atom stereocenters. The number of nitrogens with two attached hydrogens (primary N) is 1. The van der Waals surface area contributed by atoms with Gasteiger partial charge < -0.3 is 73.8 Å². The van der Waals surface area contributed by atoms with Gasteiger partial charge in [-0.1, -0.05) is 21.6 Å². The predicted molar refractivity (Wildman–Crippen MR) is 206 cm³/mol. The third kappa shape index (κ3) is 19.6. The van der Waals surface area contributed by atoms with Gasteiger partial charge in [0.1, 0.15) is 48.3 Å². The second-order valence-electron chi connectivity index (χ2n) is 13.2. The highest BCUT2D eigenvalue weighted by molar-refractivity contribution is 8.76. The van der Waals surface area contributed by atoms with Crippen molar-refractivity contribution in [3.63, 3.8) is 0 Å². The number of hydrogen-bond acceptors (Lipinski definition) is 16. The van der Waals surface area contributed by atoms with Gasteiger partial charge in [-0.2, -0.15) is 0 Å². The zero-order chi connectivity index (χ0) is 46.7. The summed E-state index contributed by atoms with van der Waals surface area (Å²) in [4.78, 5) is 164. The van der Waals surface area contributed by atoms with Crippen LogP contribution in [0.1, 0.15) is 52.9 Å². The van der Waals surface area contributed by atoms with Crippen LogP contribution in [0.4, 0.5) is 0 Å². The van der Waals surface area contributed by atoms with Crippen molar-refractivity contribution < 1.29 is 87.9 Å². The number of aliphatic carboxylic acids is 4. The summed E-state index contributed by atoms with van der Waals surface area (Å²) in [6, 6.07) is -14.8. The number of aliphatic hydroxyl groups is 1. The van der Waals surface area contributed by atoms with Crippen LogP contribution >= 0.6 is 21.6 Å². The van der Waals surface area contributed by atoms with Crippen LogP contribution in [-0.4, -0.2) is 169 Å². The molecule has 9 amide bonds. The standard InChI is InChI=1S/C32H47N9O18S2/c1-11-25(51)36-14(4-5-21(45)46)26(52)38-17(8-23(49)50)29(55)37-15(6-20(33)44)28(54)41-19(32(58)59)10-61-60-9-18(40-31(57)24(12(2)42)35-13(3)43)30(56)39-16(7-22(47)48)27(53)34-11/h11-12,14-19,24,42H,4-10H2,1-3H3,(H2,33,44)(H,34,53)(H,35,43)(H,36,51)(H,37,55)(H,38,52)(H,39,56)(H,40,57)(H,41,54)(H,45,46)(H,47,48)(H,49,50)(H,58,59)/t11-,12+,14-,15-,16-,17-,18-,19-,24-/m0/s1. The van der Waals surface area contributed by atoms with Gasteiger partial charge in [0.25, 0.3) is 0 Å². The highest BCUT2D eigenvalue weighted by atomic mass is 33.1. The molecule has 1 fully saturated rings. The number of rotatable bonds is 14. The van der Waals surface area contributed by atoms with Crippen molar-refractivity contribution >= 4 is 98.6 Å². The Bertz CT molecular complexity index is 1730. The van der Waals surface area contributed by atoms with Gasteiger partial charge in [-0.25, -0.2) is 4.79 Å². The minimum atomic E-state index is -2.08. The number of carbonyl (C=O) groups is 13. The van der Waals surface area contributed by atoms with Crippen molar-refractivity contribution in [1.82, 2.24) is 42.5 Å². The number of amides is 9. The summed E-state index contributed by atoms with van der Waals surface area (Å²) in [6.45, 7) is 3.18. The zero-order valence-electron chi connectivity index (χ0n) is 32.6. The monoisotopic (exact) mass is 909 g/mol. The normalized spacial score (nSPS) is 25.0. The van der Waals surface area contributed by atoms with Gasteiger partial charge in [-0.15, -0.1) is 0 Å². The predicted octanol–water partition coefficient (Wildman–Crippen LogP) is -6.55. The molecule has 0 spiro atoms. The second kappa shape index (κ2) is 25.4. The third-order valence-electron chi connectivity index (χ3n) is 8.02. The molecule has 1 aliphatic rings. The van der Waals surface area contributed by atoms with Gasteiger partial charge in [0.05, 0.1) is 25.4 Å². The topological polar surface area (TPSA) is 445 Å². The van der Waals surface area contributed by atoms with Crippen molar-refractivity contribution in [2.75, 3.05) is 11.5 Å². The number of aliphatic hydroxyl groups excluding tert-OH is 1. The molecule has 340 valence electrons. The molecular weight excluding hydrogens is 863 g/mol. The fraction of sp³-hybridized carbons (Fsp3) is 0.594. The number of hydrogen-bond donors (Lipinski definition) is 14. The summed E-state index contributed by atoms with van der Waals surface area (Å²) in [5.41, 5.74) is 5.22. The van der Waals surface area contributed by atoms with E-state index in [1.54, 1.807) is 0 Å². The summed E-state index contributed by atoms with van der Waals surface area (Å²) in [7, 11) is 1.36. The molecule has 0 bridgehead atoms. The van der Waals surface area contributed by atoms with E-state index in [1.165, 1.54) is 0 Å². The largest absolute Gasteiger partial charge is 0.481 e. The van der Waals surface area contributed by atoms with E-state index in [1.807, 2.05) is 10.6 Å². The Labute approximate surface area is 353 Å². The van der Waals surface area contributed by atoms with E-state index < -0.39 is 175 Å². The number of primary amides is 1. The Morgan fingerprint density at radius 2 is 1.13 bits per heavy atom. The summed E-state index contributed by atoms with van der Waals surface area (Å²) in [5, 5.41) is 65.0. The minimum Gasteiger partial charge on any atom is -0.481 e. The van der Waals surface area contributed by atoms with Gasteiger partial charge in [0.15, 0.2) is 0 Å². The molecule has 61 heavy (non-hydrogen) atoms. The average molecular weight is 910 g/mol. The van der Waals surface area contributed by atoms with Crippen LogP contribution in [0, 0.1) is 0 Å². The molecule has 0 aromatic rings. The Morgan fingerprint density at radius 1 is 0.672 bits per heavy atom. The Morgan fingerprint density at radius 3 is 1.61 bits per heavy atom. The molecule has 1 aliphatic heterocycles. The van der Waals surface area contributed by atoms with Crippen LogP contribution in [0.25, 0.3) is 0 Å². The summed E-state index contributed by atoms with van der Waals surface area (Å²) in [6.07, 6.45) is -6.32. The molecule has 1 saturated heterocycles. The smallest absolute Gasteiger partial charge is 0.327 e. The zero-order valence-corrected chi connectivity index (χ0v) is 34.2. The Hall–Kier alpha value is -6.23. The molecule has 29 heteroatoms. The van der Waals surface area contributed by atoms with Gasteiger partial charge in [0, 0.05) is 24.9 Å². The van der Waals surface area contributed by atoms with E-state index in [0.29, 0.717) is 21.6 Å². The maximum Gasteiger partial charge on any atom is 0.327 e. The fourth-order valence-electron chi connectivity index (χ4n) is 4.96. The molecule has 0 aromatic heterocycles. The molecule has 0 saturated carbocycles. The first-order valence-corrected chi connectivity index (χ1v) is 20.3. The van der Waals surface area contributed by atoms with Crippen LogP contribution in [0.15, 0.2) is 0 Å². The van der Waals surface area contributed by atoms with E-state index in [9.17, 15) is 87.9 Å². The van der Waals surface area contributed by atoms with E-state index in [2.05, 4.69) is 31.9 Å². The first-order valence-electron chi connectivity index (χ1n) is 17.8. The first-order chi connectivity index (χ1) is 28.3. The van der Waals surface area contributed by atoms with E-state index in [0.717, 1.165) is 20.8 Å². The molecule has 0 aliphatic carbocycles. The van der Waals surface area contributed by atoms with Crippen LogP contribution in [0.2, 0.25) is 0 Å². The SMILES string of the molecule is CC(=O)N[C@H](C(=O)N[C@H]1CSSC[C@@H](C(=O)O)NC(=O)[C@H](CC(N)=O)NC(=O)[C@H](CC(=O)O)NC(=O)[C@H](CCC(=O)O)NC(=O)[C@H](C)NC(=O)[C@H](CC(=O)O)NC1=O)[C@@H](C)O. The summed E-state index contributed by atoms with van der Waals surface area (Å²) in [5.74, 6) is -18.5. The van der Waals surface area contributed by atoms with Crippen molar-refractivity contribution in [3.05, 3.63) is 0 Å². The molecule has 15 N–H and O–H groups in total. The van der Waals surface area contributed by atoms with E-state index in [4.69, 9.17) is 5.73 Å². The van der Waals surface area contributed by atoms with E-state index in [-0.39, 0.29) is 0 Å². The highest BCUT2D eigenvalue weighted by Gasteiger charge is 2.36. The van der Waals surface area contributed by atoms with Gasteiger partial charge >= 0.3 is 23.9 Å². The summed E-state index contributed by atoms with van der Waals surface area (Å²) < 4.78 is 0. The van der Waals surface area contributed by atoms with Crippen LogP contribution in [0.5, 0.6) is 0 Å². The van der Waals surface area contributed by atoms with Gasteiger partial charge in [-0.3, -0.25) is 57.5 Å². The molecule has 0 radical (unpaired) electrons. The van der Waals surface area contributed by atoms with Crippen LogP contribution in [-0.2, 0) is 62.3 Å². The molecule has 1 rings (SSSR count). The third-order valence-corrected chi connectivity index (χ3v) is 10.4. The van der Waals surface area contributed by atoms with Crippen LogP contribution in [0.3, 0.4) is 0 Å². The van der Waals surface area contributed by atoms with Gasteiger partial charge in [0.2, 0.25) is 53.2 Å². The van der Waals surface area contributed by atoms with Crippen molar-refractivity contribution in [3.8, 4) is 0 Å². The lowest BCUT2D eigenvalue weighted by Gasteiger charge is -2.26. The Balaban J connectivity index is 3.81. The molecule has 1 heterocycles. The Kier molecular flexibility index (Phi) is 22.0. The van der Waals surface area contributed by atoms with Crippen molar-refractivity contribution in [1.29, 1.82) is 0 Å². The quantitative estimate of drug-likeness (QED) is 0.0721. The number of carboxylic acid groups (broad SMARTS) is 4. The lowest BCUT2D eigenvalue weighted by atomic mass is 10.1. The molecule has 27 nitrogen and oxygen atoms in total. The summed E-state index contributed by atoms with van der Waals surface area (Å²) >= 11 is 0. The highest BCUT2D eigenvalue weighted by Crippen LogP contribution is 2.23. The maximum atomic E-state index is 13.6. The lowest BCUT2D eigenvalue weighted by molar-refractivity contribution is -0.143. The van der Waals surface area contributed by atoms with Crippen molar-refractivity contribution in [2.45, 2.75) is 107 Å². The molecular formula is C32H47N9O18S2. The molecule has 0 aromatic carbocycles. The minimum absolute atomic E-state index is 0.501. The van der Waals surface area contributed by atoms with Gasteiger partial charge in [-0.05, 0) is 20.3 Å². The first kappa shape index (κ1) is 52.8. The number of nitrogens with one attached hydrogen (secondary N) is 8. The van der Waals surface area contributed by atoms with Crippen molar-refractivity contribution in [2.24, 2.45) is 5.73 Å². The lowest BCUT2D eigenvalue weighted by Crippen LogP contribution is -2.61. The van der Waals surface area contributed by atoms with E-state index >= 15 is 0 Å². The number of carboxylic acids is 4. The number of carbonyl (C=O) groups excluding carboxylic acids is 9. The molecule has 0 unspecified atom stereocenters. The second-order valence-corrected chi connectivity index (χ2v) is 15.8. The average Bonchev–Trinajstić information content (AvgIpc) is 3.13.